The summed E-state index contributed by atoms with van der Waals surface area (Å²) < 4.78 is 30.9. The highest BCUT2D eigenvalue weighted by molar-refractivity contribution is 7.87. The van der Waals surface area contributed by atoms with E-state index in [0.29, 0.717) is 16.8 Å². The van der Waals surface area contributed by atoms with Crippen LogP contribution in [0.4, 0.5) is 5.69 Å². The number of rotatable bonds is 6. The van der Waals surface area contributed by atoms with Gasteiger partial charge in [-0.3, -0.25) is 4.79 Å². The van der Waals surface area contributed by atoms with Crippen LogP contribution in [0.5, 0.6) is 5.75 Å². The topological polar surface area (TPSA) is 72.5 Å². The number of anilines is 1. The zero-order valence-corrected chi connectivity index (χ0v) is 18.3. The maximum atomic E-state index is 12.7. The monoisotopic (exact) mass is 423 g/mol. The van der Waals surface area contributed by atoms with Gasteiger partial charge in [0.2, 0.25) is 0 Å². The molecule has 30 heavy (non-hydrogen) atoms. The predicted molar refractivity (Wildman–Crippen MR) is 119 cm³/mol. The third-order valence-electron chi connectivity index (χ3n) is 4.76. The van der Waals surface area contributed by atoms with Gasteiger partial charge in [-0.2, -0.15) is 8.42 Å². The number of carbonyl (C=O) groups is 1. The van der Waals surface area contributed by atoms with Crippen molar-refractivity contribution in [1.82, 2.24) is 0 Å². The minimum absolute atomic E-state index is 0.0427. The Morgan fingerprint density at radius 1 is 0.933 bits per heavy atom. The van der Waals surface area contributed by atoms with Crippen LogP contribution in [0.25, 0.3) is 0 Å². The van der Waals surface area contributed by atoms with Gasteiger partial charge in [0.25, 0.3) is 5.91 Å². The van der Waals surface area contributed by atoms with E-state index in [4.69, 9.17) is 4.18 Å². The van der Waals surface area contributed by atoms with Crippen LogP contribution < -0.4 is 9.50 Å². The van der Waals surface area contributed by atoms with Gasteiger partial charge in [-0.1, -0.05) is 49.7 Å². The third-order valence-corrected chi connectivity index (χ3v) is 6.01. The van der Waals surface area contributed by atoms with Crippen LogP contribution >= 0.6 is 0 Å². The zero-order chi connectivity index (χ0) is 21.9. The first-order valence-electron chi connectivity index (χ1n) is 9.69. The van der Waals surface area contributed by atoms with Crippen molar-refractivity contribution in [2.24, 2.45) is 0 Å². The standard InChI is InChI=1S/C24H25NO4S/c1-16(2)21-15-23(29-30(27,28)20-12-10-17(3)11-13-20)18(4)14-22(21)25-24(26)19-8-6-5-7-9-19/h5-16H,1-4H3,(H,25,26). The fourth-order valence-corrected chi connectivity index (χ4v) is 4.02. The van der Waals surface area contributed by atoms with Crippen LogP contribution in [0, 0.1) is 13.8 Å². The van der Waals surface area contributed by atoms with Crippen molar-refractivity contribution in [1.29, 1.82) is 0 Å². The zero-order valence-electron chi connectivity index (χ0n) is 17.5. The Hall–Kier alpha value is -3.12. The van der Waals surface area contributed by atoms with Crippen LogP contribution in [0.2, 0.25) is 0 Å². The molecule has 0 fully saturated rings. The molecule has 0 saturated heterocycles. The average molecular weight is 424 g/mol. The van der Waals surface area contributed by atoms with Gasteiger partial charge in [0.05, 0.1) is 0 Å². The van der Waals surface area contributed by atoms with Gasteiger partial charge in [0.1, 0.15) is 10.6 Å². The summed E-state index contributed by atoms with van der Waals surface area (Å²) in [6.07, 6.45) is 0. The lowest BCUT2D eigenvalue weighted by Gasteiger charge is -2.18. The van der Waals surface area contributed by atoms with Gasteiger partial charge in [-0.25, -0.2) is 0 Å². The Morgan fingerprint density at radius 3 is 2.17 bits per heavy atom. The van der Waals surface area contributed by atoms with E-state index in [2.05, 4.69) is 5.32 Å². The number of aryl methyl sites for hydroxylation is 2. The molecule has 1 amide bonds. The summed E-state index contributed by atoms with van der Waals surface area (Å²) in [4.78, 5) is 12.7. The fraction of sp³-hybridized carbons (Fsp3) is 0.208. The molecule has 3 aromatic rings. The quantitative estimate of drug-likeness (QED) is 0.535. The molecular formula is C24H25NO4S. The maximum absolute atomic E-state index is 12.7. The molecule has 0 atom stereocenters. The van der Waals surface area contributed by atoms with E-state index in [9.17, 15) is 13.2 Å². The van der Waals surface area contributed by atoms with E-state index in [1.165, 1.54) is 12.1 Å². The first-order chi connectivity index (χ1) is 14.2. The van der Waals surface area contributed by atoms with E-state index in [0.717, 1.165) is 11.1 Å². The number of carbonyl (C=O) groups excluding carboxylic acids is 1. The van der Waals surface area contributed by atoms with Gasteiger partial charge < -0.3 is 9.50 Å². The van der Waals surface area contributed by atoms with Crippen LogP contribution in [0.1, 0.15) is 46.8 Å². The Kier molecular flexibility index (Phi) is 6.27. The first-order valence-corrected chi connectivity index (χ1v) is 11.1. The largest absolute Gasteiger partial charge is 0.379 e. The smallest absolute Gasteiger partial charge is 0.339 e. The molecule has 1 N–H and O–H groups in total. The number of benzene rings is 3. The Bertz CT molecular complexity index is 1150. The molecule has 6 heteroatoms. The van der Waals surface area contributed by atoms with Crippen LogP contribution in [-0.4, -0.2) is 14.3 Å². The second-order valence-electron chi connectivity index (χ2n) is 7.53. The van der Waals surface area contributed by atoms with E-state index >= 15 is 0 Å². The molecule has 0 spiro atoms. The van der Waals surface area contributed by atoms with Crippen molar-refractivity contribution < 1.29 is 17.4 Å². The lowest BCUT2D eigenvalue weighted by Crippen LogP contribution is -2.15. The van der Waals surface area contributed by atoms with Crippen molar-refractivity contribution in [2.75, 3.05) is 5.32 Å². The van der Waals surface area contributed by atoms with Gasteiger partial charge in [-0.15, -0.1) is 0 Å². The summed E-state index contributed by atoms with van der Waals surface area (Å²) in [7, 11) is -3.96. The lowest BCUT2D eigenvalue weighted by molar-refractivity contribution is 0.102. The molecule has 0 bridgehead atoms. The molecule has 0 aliphatic heterocycles. The van der Waals surface area contributed by atoms with E-state index in [1.807, 2.05) is 26.8 Å². The van der Waals surface area contributed by atoms with Gasteiger partial charge in [0, 0.05) is 11.3 Å². The van der Waals surface area contributed by atoms with E-state index in [1.54, 1.807) is 55.5 Å². The molecule has 0 unspecified atom stereocenters. The summed E-state index contributed by atoms with van der Waals surface area (Å²) >= 11 is 0. The van der Waals surface area contributed by atoms with Crippen LogP contribution in [0.15, 0.2) is 71.6 Å². The number of amides is 1. The minimum atomic E-state index is -3.96. The number of hydrogen-bond acceptors (Lipinski definition) is 4. The van der Waals surface area contributed by atoms with Crippen LogP contribution in [0.3, 0.4) is 0 Å². The second-order valence-corrected chi connectivity index (χ2v) is 9.08. The average Bonchev–Trinajstić information content (AvgIpc) is 2.70. The van der Waals surface area contributed by atoms with Gasteiger partial charge in [0.15, 0.2) is 0 Å². The lowest BCUT2D eigenvalue weighted by atomic mass is 9.98. The highest BCUT2D eigenvalue weighted by Crippen LogP contribution is 2.33. The van der Waals surface area contributed by atoms with Crippen molar-refractivity contribution in [2.45, 2.75) is 38.5 Å². The molecule has 0 radical (unpaired) electrons. The van der Waals surface area contributed by atoms with E-state index in [-0.39, 0.29) is 22.5 Å². The number of hydrogen-bond donors (Lipinski definition) is 1. The SMILES string of the molecule is Cc1ccc(S(=O)(=O)Oc2cc(C(C)C)c(NC(=O)c3ccccc3)cc2C)cc1. The molecule has 0 aromatic heterocycles. The predicted octanol–water partition coefficient (Wildman–Crippen LogP) is 5.45. The minimum Gasteiger partial charge on any atom is -0.379 e. The Morgan fingerprint density at radius 2 is 1.57 bits per heavy atom. The second kappa shape index (κ2) is 8.71. The summed E-state index contributed by atoms with van der Waals surface area (Å²) in [6.45, 7) is 7.59. The molecule has 0 heterocycles. The molecule has 0 saturated carbocycles. The summed E-state index contributed by atoms with van der Waals surface area (Å²) in [5.74, 6) is 0.0657. The van der Waals surface area contributed by atoms with Crippen molar-refractivity contribution in [3.63, 3.8) is 0 Å². The van der Waals surface area contributed by atoms with Gasteiger partial charge >= 0.3 is 10.1 Å². The molecule has 5 nitrogen and oxygen atoms in total. The summed E-state index contributed by atoms with van der Waals surface area (Å²) in [5.41, 5.74) is 3.55. The van der Waals surface area contributed by atoms with Crippen molar-refractivity contribution in [3.8, 4) is 5.75 Å². The molecule has 0 aliphatic carbocycles. The number of nitrogens with one attached hydrogen (secondary N) is 1. The fourth-order valence-electron chi connectivity index (χ4n) is 3.03. The molecule has 3 rings (SSSR count). The summed E-state index contributed by atoms with van der Waals surface area (Å²) in [6, 6.07) is 18.9. The molecule has 0 aliphatic rings. The van der Waals surface area contributed by atoms with E-state index < -0.39 is 10.1 Å². The Labute approximate surface area is 177 Å². The molecular weight excluding hydrogens is 398 g/mol. The van der Waals surface area contributed by atoms with Crippen LogP contribution in [-0.2, 0) is 10.1 Å². The normalized spacial score (nSPS) is 11.4. The molecule has 156 valence electrons. The van der Waals surface area contributed by atoms with Gasteiger partial charge in [-0.05, 0) is 67.3 Å². The van der Waals surface area contributed by atoms with Crippen molar-refractivity contribution >= 4 is 21.7 Å². The first kappa shape index (κ1) is 21.6. The highest BCUT2D eigenvalue weighted by atomic mass is 32.2. The Balaban J connectivity index is 1.93. The third kappa shape index (κ3) is 4.89. The van der Waals surface area contributed by atoms with Crippen molar-refractivity contribution in [3.05, 3.63) is 89.0 Å². The highest BCUT2D eigenvalue weighted by Gasteiger charge is 2.20. The summed E-state index contributed by atoms with van der Waals surface area (Å²) in [5, 5.41) is 2.93. The maximum Gasteiger partial charge on any atom is 0.339 e. The molecule has 3 aromatic carbocycles.